The van der Waals surface area contributed by atoms with Crippen molar-refractivity contribution in [1.82, 2.24) is 10.6 Å². The van der Waals surface area contributed by atoms with Crippen molar-refractivity contribution in [2.24, 2.45) is 0 Å². The molecule has 0 aromatic heterocycles. The number of nitrogens with zero attached hydrogens (tertiary/aromatic N) is 1. The third-order valence-electron chi connectivity index (χ3n) is 2.82. The van der Waals surface area contributed by atoms with E-state index in [1.165, 1.54) is 12.1 Å². The molecule has 0 heterocycles. The number of ether oxygens (including phenoxy) is 1. The quantitative estimate of drug-likeness (QED) is 0.418. The highest BCUT2D eigenvalue weighted by molar-refractivity contribution is 5.78. The summed E-state index contributed by atoms with van der Waals surface area (Å²) in [5.41, 5.74) is 0.0345. The predicted octanol–water partition coefficient (Wildman–Crippen LogP) is 0.842. The number of non-ortho nitro benzene ring substituents is 1. The summed E-state index contributed by atoms with van der Waals surface area (Å²) < 4.78 is 5.40. The maximum Gasteiger partial charge on any atom is 0.269 e. The fourth-order valence-corrected chi connectivity index (χ4v) is 1.61. The first kappa shape index (κ1) is 14.3. The lowest BCUT2D eigenvalue weighted by molar-refractivity contribution is -0.384. The Kier molecular flexibility index (Phi) is 4.89. The van der Waals surface area contributed by atoms with Gasteiger partial charge in [0.25, 0.3) is 5.69 Å². The second-order valence-corrected chi connectivity index (χ2v) is 4.62. The van der Waals surface area contributed by atoms with E-state index in [1.54, 1.807) is 12.1 Å². The van der Waals surface area contributed by atoms with E-state index in [1.807, 2.05) is 0 Å². The highest BCUT2D eigenvalue weighted by Crippen LogP contribution is 2.18. The van der Waals surface area contributed by atoms with Gasteiger partial charge in [-0.2, -0.15) is 0 Å². The van der Waals surface area contributed by atoms with Gasteiger partial charge in [0, 0.05) is 24.7 Å². The molecule has 7 nitrogen and oxygen atoms in total. The maximum absolute atomic E-state index is 11.3. The zero-order valence-electron chi connectivity index (χ0n) is 11.0. The molecule has 20 heavy (non-hydrogen) atoms. The standard InChI is InChI=1S/C13H17N3O4/c17-13(15-10-1-2-10)9-14-7-8-20-12-5-3-11(4-6-12)16(18)19/h3-6,10,14H,1-2,7-9H2,(H,15,17). The van der Waals surface area contributed by atoms with E-state index < -0.39 is 4.92 Å². The molecule has 0 radical (unpaired) electrons. The first-order valence-corrected chi connectivity index (χ1v) is 6.52. The molecule has 1 aliphatic rings. The lowest BCUT2D eigenvalue weighted by Crippen LogP contribution is -2.36. The van der Waals surface area contributed by atoms with Crippen molar-refractivity contribution < 1.29 is 14.5 Å². The summed E-state index contributed by atoms with van der Waals surface area (Å²) in [5.74, 6) is 0.572. The van der Waals surface area contributed by atoms with Crippen LogP contribution in [0.5, 0.6) is 5.75 Å². The maximum atomic E-state index is 11.3. The van der Waals surface area contributed by atoms with E-state index in [9.17, 15) is 14.9 Å². The van der Waals surface area contributed by atoms with Gasteiger partial charge in [-0.3, -0.25) is 14.9 Å². The highest BCUT2D eigenvalue weighted by Gasteiger charge is 2.22. The predicted molar refractivity (Wildman–Crippen MR) is 72.6 cm³/mol. The number of nitrogens with one attached hydrogen (secondary N) is 2. The lowest BCUT2D eigenvalue weighted by atomic mass is 10.3. The molecule has 0 saturated heterocycles. The van der Waals surface area contributed by atoms with Crippen LogP contribution in [0, 0.1) is 10.1 Å². The van der Waals surface area contributed by atoms with Gasteiger partial charge in [-0.15, -0.1) is 0 Å². The lowest BCUT2D eigenvalue weighted by Gasteiger charge is -2.07. The van der Waals surface area contributed by atoms with Crippen LogP contribution < -0.4 is 15.4 Å². The van der Waals surface area contributed by atoms with Crippen molar-refractivity contribution in [2.45, 2.75) is 18.9 Å². The third-order valence-corrected chi connectivity index (χ3v) is 2.82. The van der Waals surface area contributed by atoms with Crippen LogP contribution in [-0.2, 0) is 4.79 Å². The molecule has 1 amide bonds. The number of benzene rings is 1. The first-order valence-electron chi connectivity index (χ1n) is 6.52. The minimum absolute atomic E-state index is 0.00263. The number of hydrogen-bond donors (Lipinski definition) is 2. The van der Waals surface area contributed by atoms with Crippen molar-refractivity contribution >= 4 is 11.6 Å². The van der Waals surface area contributed by atoms with Gasteiger partial charge in [0.1, 0.15) is 12.4 Å². The summed E-state index contributed by atoms with van der Waals surface area (Å²) in [6.45, 7) is 1.21. The molecule has 1 aromatic carbocycles. The average Bonchev–Trinajstić information content (AvgIpc) is 3.22. The Morgan fingerprint density at radius 3 is 2.65 bits per heavy atom. The first-order chi connectivity index (χ1) is 9.65. The number of nitro groups is 1. The molecule has 0 atom stereocenters. The highest BCUT2D eigenvalue weighted by atomic mass is 16.6. The van der Waals surface area contributed by atoms with E-state index in [0.717, 1.165) is 12.8 Å². The number of rotatable bonds is 8. The molecule has 0 spiro atoms. The van der Waals surface area contributed by atoms with Crippen LogP contribution in [-0.4, -0.2) is 36.6 Å². The number of nitro benzene ring substituents is 1. The Bertz CT molecular complexity index is 471. The Labute approximate surface area is 116 Å². The van der Waals surface area contributed by atoms with Gasteiger partial charge in [-0.05, 0) is 25.0 Å². The van der Waals surface area contributed by atoms with E-state index in [2.05, 4.69) is 10.6 Å². The third kappa shape index (κ3) is 4.85. The topological polar surface area (TPSA) is 93.5 Å². The smallest absolute Gasteiger partial charge is 0.269 e. The minimum Gasteiger partial charge on any atom is -0.492 e. The van der Waals surface area contributed by atoms with Crippen LogP contribution in [0.1, 0.15) is 12.8 Å². The molecule has 0 bridgehead atoms. The zero-order valence-corrected chi connectivity index (χ0v) is 11.0. The summed E-state index contributed by atoms with van der Waals surface area (Å²) in [5, 5.41) is 16.3. The number of amides is 1. The van der Waals surface area contributed by atoms with Crippen LogP contribution in [0.2, 0.25) is 0 Å². The average molecular weight is 279 g/mol. The zero-order chi connectivity index (χ0) is 14.4. The molecular weight excluding hydrogens is 262 g/mol. The van der Waals surface area contributed by atoms with Gasteiger partial charge in [0.2, 0.25) is 5.91 Å². The number of hydrogen-bond acceptors (Lipinski definition) is 5. The molecular formula is C13H17N3O4. The van der Waals surface area contributed by atoms with Crippen LogP contribution in [0.15, 0.2) is 24.3 Å². The van der Waals surface area contributed by atoms with Crippen molar-refractivity contribution in [3.63, 3.8) is 0 Å². The number of carbonyl (C=O) groups is 1. The Morgan fingerprint density at radius 1 is 1.35 bits per heavy atom. The largest absolute Gasteiger partial charge is 0.492 e. The second kappa shape index (κ2) is 6.85. The van der Waals surface area contributed by atoms with E-state index in [0.29, 0.717) is 24.9 Å². The van der Waals surface area contributed by atoms with Crippen molar-refractivity contribution in [3.05, 3.63) is 34.4 Å². The Hall–Kier alpha value is -2.15. The Morgan fingerprint density at radius 2 is 2.05 bits per heavy atom. The molecule has 1 aromatic rings. The molecule has 0 unspecified atom stereocenters. The molecule has 1 saturated carbocycles. The molecule has 7 heteroatoms. The van der Waals surface area contributed by atoms with Crippen molar-refractivity contribution in [1.29, 1.82) is 0 Å². The van der Waals surface area contributed by atoms with Gasteiger partial charge in [-0.25, -0.2) is 0 Å². The van der Waals surface area contributed by atoms with E-state index in [4.69, 9.17) is 4.74 Å². The monoisotopic (exact) mass is 279 g/mol. The Balaban J connectivity index is 1.58. The van der Waals surface area contributed by atoms with Crippen molar-refractivity contribution in [2.75, 3.05) is 19.7 Å². The van der Waals surface area contributed by atoms with E-state index in [-0.39, 0.29) is 18.1 Å². The van der Waals surface area contributed by atoms with Crippen LogP contribution in [0.4, 0.5) is 5.69 Å². The molecule has 1 aliphatic carbocycles. The fourth-order valence-electron chi connectivity index (χ4n) is 1.61. The molecule has 2 rings (SSSR count). The van der Waals surface area contributed by atoms with Crippen molar-refractivity contribution in [3.8, 4) is 5.75 Å². The van der Waals surface area contributed by atoms with Gasteiger partial charge in [0.15, 0.2) is 0 Å². The normalized spacial score (nSPS) is 13.8. The summed E-state index contributed by atoms with van der Waals surface area (Å²) in [7, 11) is 0. The van der Waals surface area contributed by atoms with Gasteiger partial charge in [0.05, 0.1) is 11.5 Å². The minimum atomic E-state index is -0.455. The molecule has 108 valence electrons. The second-order valence-electron chi connectivity index (χ2n) is 4.62. The van der Waals surface area contributed by atoms with Gasteiger partial charge >= 0.3 is 0 Å². The molecule has 0 aliphatic heterocycles. The van der Waals surface area contributed by atoms with Crippen LogP contribution in [0.3, 0.4) is 0 Å². The van der Waals surface area contributed by atoms with E-state index >= 15 is 0 Å². The summed E-state index contributed by atoms with van der Waals surface area (Å²) in [6.07, 6.45) is 2.16. The summed E-state index contributed by atoms with van der Waals surface area (Å²) in [4.78, 5) is 21.4. The number of carbonyl (C=O) groups excluding carboxylic acids is 1. The van der Waals surface area contributed by atoms with Crippen LogP contribution >= 0.6 is 0 Å². The molecule has 2 N–H and O–H groups in total. The van der Waals surface area contributed by atoms with Gasteiger partial charge in [-0.1, -0.05) is 0 Å². The summed E-state index contributed by atoms with van der Waals surface area (Å²) in [6, 6.07) is 6.27. The SMILES string of the molecule is O=C(CNCCOc1ccc([N+](=O)[O-])cc1)NC1CC1. The van der Waals surface area contributed by atoms with Gasteiger partial charge < -0.3 is 15.4 Å². The fraction of sp³-hybridized carbons (Fsp3) is 0.462. The summed E-state index contributed by atoms with van der Waals surface area (Å²) >= 11 is 0. The van der Waals surface area contributed by atoms with Crippen LogP contribution in [0.25, 0.3) is 0 Å². The molecule has 1 fully saturated rings.